The van der Waals surface area contributed by atoms with Crippen LogP contribution in [-0.4, -0.2) is 21.7 Å². The Morgan fingerprint density at radius 1 is 1.26 bits per heavy atom. The van der Waals surface area contributed by atoms with Gasteiger partial charge in [0, 0.05) is 23.7 Å². The van der Waals surface area contributed by atoms with E-state index in [-0.39, 0.29) is 12.4 Å². The minimum Gasteiger partial charge on any atom is -0.384 e. The number of aliphatic hydroxyl groups excluding tert-OH is 1. The summed E-state index contributed by atoms with van der Waals surface area (Å²) in [6, 6.07) is 6.52. The van der Waals surface area contributed by atoms with Gasteiger partial charge in [-0.1, -0.05) is 29.7 Å². The van der Waals surface area contributed by atoms with Gasteiger partial charge in [-0.3, -0.25) is 0 Å². The van der Waals surface area contributed by atoms with Crippen LogP contribution in [0.4, 0.5) is 4.39 Å². The number of aromatic nitrogens is 2. The minimum absolute atomic E-state index is 0.232. The van der Waals surface area contributed by atoms with Gasteiger partial charge < -0.3 is 5.11 Å². The van der Waals surface area contributed by atoms with Crippen LogP contribution in [0.25, 0.3) is 0 Å². The SMILES string of the molecule is OCC#Cc1ccc(CSc2ncccn2)c(F)c1. The van der Waals surface area contributed by atoms with E-state index in [1.807, 2.05) is 0 Å². The van der Waals surface area contributed by atoms with Crippen LogP contribution in [0.3, 0.4) is 0 Å². The van der Waals surface area contributed by atoms with Crippen molar-refractivity contribution in [2.75, 3.05) is 6.61 Å². The summed E-state index contributed by atoms with van der Waals surface area (Å²) in [7, 11) is 0. The molecule has 0 radical (unpaired) electrons. The number of rotatable bonds is 3. The Morgan fingerprint density at radius 3 is 2.74 bits per heavy atom. The lowest BCUT2D eigenvalue weighted by Gasteiger charge is -2.02. The molecule has 1 heterocycles. The molecule has 0 atom stereocenters. The van der Waals surface area contributed by atoms with Crippen molar-refractivity contribution in [2.45, 2.75) is 10.9 Å². The highest BCUT2D eigenvalue weighted by Gasteiger charge is 2.04. The molecule has 1 aromatic heterocycles. The molecule has 0 amide bonds. The lowest BCUT2D eigenvalue weighted by atomic mass is 10.1. The molecule has 2 rings (SSSR count). The molecule has 0 fully saturated rings. The van der Waals surface area contributed by atoms with E-state index in [9.17, 15) is 4.39 Å². The first kappa shape index (κ1) is 13.5. The molecule has 0 saturated heterocycles. The van der Waals surface area contributed by atoms with Crippen molar-refractivity contribution in [1.82, 2.24) is 9.97 Å². The summed E-state index contributed by atoms with van der Waals surface area (Å²) in [4.78, 5) is 8.12. The molecule has 96 valence electrons. The summed E-state index contributed by atoms with van der Waals surface area (Å²) < 4.78 is 13.8. The topological polar surface area (TPSA) is 46.0 Å². The maximum atomic E-state index is 13.8. The molecule has 0 spiro atoms. The lowest BCUT2D eigenvalue weighted by Crippen LogP contribution is -1.91. The van der Waals surface area contributed by atoms with E-state index in [4.69, 9.17) is 5.11 Å². The molecule has 0 aliphatic heterocycles. The Hall–Kier alpha value is -1.90. The van der Waals surface area contributed by atoms with Crippen LogP contribution in [0.1, 0.15) is 11.1 Å². The highest BCUT2D eigenvalue weighted by molar-refractivity contribution is 7.98. The molecule has 2 aromatic rings. The van der Waals surface area contributed by atoms with Crippen LogP contribution in [0.5, 0.6) is 0 Å². The predicted molar refractivity (Wildman–Crippen MR) is 72.0 cm³/mol. The third kappa shape index (κ3) is 4.05. The summed E-state index contributed by atoms with van der Waals surface area (Å²) in [6.45, 7) is -0.232. The molecule has 0 aliphatic rings. The fraction of sp³-hybridized carbons (Fsp3) is 0.143. The summed E-state index contributed by atoms with van der Waals surface area (Å²) >= 11 is 1.37. The number of benzene rings is 1. The van der Waals surface area contributed by atoms with E-state index in [0.29, 0.717) is 22.0 Å². The Labute approximate surface area is 114 Å². The standard InChI is InChI=1S/C14H11FN2OS/c15-13-9-11(3-1-8-18)4-5-12(13)10-19-14-16-6-2-7-17-14/h2,4-7,9,18H,8,10H2. The van der Waals surface area contributed by atoms with E-state index in [1.54, 1.807) is 30.6 Å². The number of nitrogens with zero attached hydrogens (tertiary/aromatic N) is 2. The van der Waals surface area contributed by atoms with Crippen LogP contribution < -0.4 is 0 Å². The van der Waals surface area contributed by atoms with Gasteiger partial charge in [-0.25, -0.2) is 14.4 Å². The van der Waals surface area contributed by atoms with Crippen LogP contribution in [0.15, 0.2) is 41.8 Å². The van der Waals surface area contributed by atoms with Gasteiger partial charge in [-0.05, 0) is 23.8 Å². The van der Waals surface area contributed by atoms with Crippen molar-refractivity contribution in [2.24, 2.45) is 0 Å². The van der Waals surface area contributed by atoms with Gasteiger partial charge in [0.15, 0.2) is 5.16 Å². The lowest BCUT2D eigenvalue weighted by molar-refractivity contribution is 0.350. The Balaban J connectivity index is 2.05. The number of halogens is 1. The first-order valence-corrected chi connectivity index (χ1v) is 6.56. The van der Waals surface area contributed by atoms with Crippen LogP contribution >= 0.6 is 11.8 Å². The maximum Gasteiger partial charge on any atom is 0.187 e. The van der Waals surface area contributed by atoms with Crippen molar-refractivity contribution in [1.29, 1.82) is 0 Å². The van der Waals surface area contributed by atoms with Crippen LogP contribution in [0, 0.1) is 17.7 Å². The Morgan fingerprint density at radius 2 is 2.05 bits per heavy atom. The zero-order chi connectivity index (χ0) is 13.5. The average Bonchev–Trinajstić information content (AvgIpc) is 2.45. The largest absolute Gasteiger partial charge is 0.384 e. The molecule has 5 heteroatoms. The molecule has 0 aliphatic carbocycles. The first-order valence-electron chi connectivity index (χ1n) is 5.57. The quantitative estimate of drug-likeness (QED) is 0.530. The van der Waals surface area contributed by atoms with Crippen molar-refractivity contribution < 1.29 is 9.50 Å². The van der Waals surface area contributed by atoms with Crippen molar-refractivity contribution in [3.63, 3.8) is 0 Å². The second-order valence-corrected chi connectivity index (χ2v) is 4.53. The van der Waals surface area contributed by atoms with Gasteiger partial charge in [-0.15, -0.1) is 0 Å². The second-order valence-electron chi connectivity index (χ2n) is 3.59. The average molecular weight is 274 g/mol. The number of hydrogen-bond acceptors (Lipinski definition) is 4. The number of hydrogen-bond donors (Lipinski definition) is 1. The summed E-state index contributed by atoms with van der Waals surface area (Å²) in [5.41, 5.74) is 1.13. The van der Waals surface area contributed by atoms with Gasteiger partial charge in [-0.2, -0.15) is 0 Å². The molecule has 0 bridgehead atoms. The summed E-state index contributed by atoms with van der Waals surface area (Å²) in [5.74, 6) is 5.30. The second kappa shape index (κ2) is 6.88. The number of thioether (sulfide) groups is 1. The third-order valence-corrected chi connectivity index (χ3v) is 3.19. The predicted octanol–water partition coefficient (Wildman–Crippen LogP) is 2.25. The van der Waals surface area contributed by atoms with Gasteiger partial charge >= 0.3 is 0 Å². The maximum absolute atomic E-state index is 13.8. The normalized spacial score (nSPS) is 9.79. The summed E-state index contributed by atoms with van der Waals surface area (Å²) in [5, 5.41) is 9.19. The highest BCUT2D eigenvalue weighted by atomic mass is 32.2. The minimum atomic E-state index is -0.312. The Bertz CT molecular complexity index is 608. The molecule has 0 saturated carbocycles. The first-order chi connectivity index (χ1) is 9.29. The van der Waals surface area contributed by atoms with Gasteiger partial charge in [0.1, 0.15) is 12.4 Å². The van der Waals surface area contributed by atoms with E-state index in [1.165, 1.54) is 17.8 Å². The molecule has 1 aromatic carbocycles. The van der Waals surface area contributed by atoms with E-state index in [0.717, 1.165) is 0 Å². The van der Waals surface area contributed by atoms with Gasteiger partial charge in [0.2, 0.25) is 0 Å². The third-order valence-electron chi connectivity index (χ3n) is 2.26. The zero-order valence-corrected chi connectivity index (χ0v) is 10.8. The number of aliphatic hydroxyl groups is 1. The highest BCUT2D eigenvalue weighted by Crippen LogP contribution is 2.21. The van der Waals surface area contributed by atoms with Crippen LogP contribution in [0.2, 0.25) is 0 Å². The molecular weight excluding hydrogens is 263 g/mol. The van der Waals surface area contributed by atoms with E-state index < -0.39 is 0 Å². The van der Waals surface area contributed by atoms with Crippen molar-refractivity contribution >= 4 is 11.8 Å². The summed E-state index contributed by atoms with van der Waals surface area (Å²) in [6.07, 6.45) is 3.30. The van der Waals surface area contributed by atoms with Gasteiger partial charge in [0.05, 0.1) is 0 Å². The van der Waals surface area contributed by atoms with Gasteiger partial charge in [0.25, 0.3) is 0 Å². The molecule has 1 N–H and O–H groups in total. The fourth-order valence-electron chi connectivity index (χ4n) is 1.39. The molecule has 3 nitrogen and oxygen atoms in total. The zero-order valence-electron chi connectivity index (χ0n) is 10.0. The molecule has 19 heavy (non-hydrogen) atoms. The fourth-order valence-corrected chi connectivity index (χ4v) is 2.18. The van der Waals surface area contributed by atoms with Crippen LogP contribution in [-0.2, 0) is 5.75 Å². The Kier molecular flexibility index (Phi) is 4.90. The monoisotopic (exact) mass is 274 g/mol. The van der Waals surface area contributed by atoms with Crippen molar-refractivity contribution in [3.05, 3.63) is 53.6 Å². The smallest absolute Gasteiger partial charge is 0.187 e. The van der Waals surface area contributed by atoms with E-state index >= 15 is 0 Å². The molecular formula is C14H11FN2OS. The van der Waals surface area contributed by atoms with Crippen molar-refractivity contribution in [3.8, 4) is 11.8 Å². The molecule has 0 unspecified atom stereocenters. The van der Waals surface area contributed by atoms with E-state index in [2.05, 4.69) is 21.8 Å².